The molecule has 8 nitrogen and oxygen atoms in total. The van der Waals surface area contributed by atoms with Crippen molar-refractivity contribution in [1.29, 1.82) is 0 Å². The van der Waals surface area contributed by atoms with Gasteiger partial charge < -0.3 is 19.5 Å². The third-order valence-electron chi connectivity index (χ3n) is 4.80. The Bertz CT molecular complexity index is 915. The predicted octanol–water partition coefficient (Wildman–Crippen LogP) is 2.50. The molecule has 0 aliphatic heterocycles. The van der Waals surface area contributed by atoms with Crippen LogP contribution in [0, 0.1) is 0 Å². The number of aliphatic hydroxyl groups excluding tert-OH is 1. The van der Waals surface area contributed by atoms with Crippen LogP contribution >= 0.6 is 0 Å². The molecule has 27 heavy (non-hydrogen) atoms. The molecule has 0 saturated heterocycles. The molecule has 0 unspecified atom stereocenters. The molecule has 1 amide bonds. The van der Waals surface area contributed by atoms with E-state index in [1.807, 2.05) is 37.3 Å². The predicted molar refractivity (Wildman–Crippen MR) is 95.0 cm³/mol. The van der Waals surface area contributed by atoms with Gasteiger partial charge in [-0.25, -0.2) is 0 Å². The van der Waals surface area contributed by atoms with E-state index in [9.17, 15) is 4.79 Å². The van der Waals surface area contributed by atoms with Gasteiger partial charge in [0.05, 0.1) is 6.61 Å². The highest BCUT2D eigenvalue weighted by Crippen LogP contribution is 2.36. The molecule has 8 heteroatoms. The molecule has 1 saturated carbocycles. The van der Waals surface area contributed by atoms with Crippen LogP contribution in [0.3, 0.4) is 0 Å². The highest BCUT2D eigenvalue weighted by atomic mass is 16.5. The van der Waals surface area contributed by atoms with Gasteiger partial charge in [-0.15, -0.1) is 0 Å². The largest absolute Gasteiger partial charge is 0.396 e. The van der Waals surface area contributed by atoms with E-state index in [1.54, 1.807) is 6.07 Å². The normalized spacial score (nSPS) is 20.1. The van der Waals surface area contributed by atoms with Crippen LogP contribution in [0.15, 0.2) is 45.4 Å². The zero-order valence-electron chi connectivity index (χ0n) is 14.8. The minimum Gasteiger partial charge on any atom is -0.396 e. The Kier molecular flexibility index (Phi) is 4.72. The summed E-state index contributed by atoms with van der Waals surface area (Å²) in [4.78, 5) is 16.7. The van der Waals surface area contributed by atoms with Crippen molar-refractivity contribution in [2.75, 3.05) is 6.61 Å². The maximum Gasteiger partial charge on any atom is 0.273 e. The van der Waals surface area contributed by atoms with Crippen molar-refractivity contribution < 1.29 is 18.9 Å². The van der Waals surface area contributed by atoms with Gasteiger partial charge >= 0.3 is 0 Å². The number of nitrogens with zero attached hydrogens (tertiary/aromatic N) is 3. The molecule has 1 aliphatic rings. The van der Waals surface area contributed by atoms with Gasteiger partial charge in [-0.2, -0.15) is 4.98 Å². The Balaban J connectivity index is 1.32. The SMILES string of the molecule is C[C@@H](CO)c1noc([C@H]2C[C@@H](NC(=O)c3cc(-c4ccccc4)on3)C2)n1. The van der Waals surface area contributed by atoms with E-state index in [4.69, 9.17) is 14.2 Å². The molecule has 4 rings (SSSR count). The molecular weight excluding hydrogens is 348 g/mol. The van der Waals surface area contributed by atoms with Crippen LogP contribution in [0.1, 0.15) is 53.8 Å². The maximum atomic E-state index is 12.4. The monoisotopic (exact) mass is 368 g/mol. The summed E-state index contributed by atoms with van der Waals surface area (Å²) in [6.07, 6.45) is 1.45. The Morgan fingerprint density at radius 1 is 1.26 bits per heavy atom. The van der Waals surface area contributed by atoms with Crippen molar-refractivity contribution in [3.05, 3.63) is 53.8 Å². The maximum absolute atomic E-state index is 12.4. The van der Waals surface area contributed by atoms with Gasteiger partial charge in [-0.1, -0.05) is 47.6 Å². The fraction of sp³-hybridized carbons (Fsp3) is 0.368. The third kappa shape index (κ3) is 3.61. The van der Waals surface area contributed by atoms with Gasteiger partial charge in [0.15, 0.2) is 17.3 Å². The lowest BCUT2D eigenvalue weighted by molar-refractivity contribution is 0.0892. The number of rotatable bonds is 6. The zero-order valence-corrected chi connectivity index (χ0v) is 14.8. The Labute approximate surface area is 155 Å². The van der Waals surface area contributed by atoms with Crippen LogP contribution in [0.25, 0.3) is 11.3 Å². The van der Waals surface area contributed by atoms with Gasteiger partial charge in [-0.05, 0) is 12.8 Å². The Hall–Kier alpha value is -3.00. The standard InChI is InChI=1S/C19H20N4O4/c1-11(10-24)17-21-19(27-23-17)13-7-14(8-13)20-18(25)15-9-16(26-22-15)12-5-3-2-4-6-12/h2-6,9,11,13-14,24H,7-8,10H2,1H3,(H,20,25)/t11-,13-,14+/m0/s1. The van der Waals surface area contributed by atoms with E-state index in [0.717, 1.165) is 18.4 Å². The van der Waals surface area contributed by atoms with E-state index in [1.165, 1.54) is 0 Å². The third-order valence-corrected chi connectivity index (χ3v) is 4.80. The number of amides is 1. The average molecular weight is 368 g/mol. The molecule has 0 spiro atoms. The summed E-state index contributed by atoms with van der Waals surface area (Å²) in [6.45, 7) is 1.81. The molecule has 1 aromatic carbocycles. The molecule has 0 bridgehead atoms. The van der Waals surface area contributed by atoms with E-state index < -0.39 is 0 Å². The van der Waals surface area contributed by atoms with Crippen molar-refractivity contribution in [2.45, 2.75) is 37.6 Å². The Morgan fingerprint density at radius 2 is 2.04 bits per heavy atom. The van der Waals surface area contributed by atoms with Crippen molar-refractivity contribution in [1.82, 2.24) is 20.6 Å². The van der Waals surface area contributed by atoms with E-state index in [-0.39, 0.29) is 36.1 Å². The van der Waals surface area contributed by atoms with Gasteiger partial charge in [0, 0.05) is 29.5 Å². The van der Waals surface area contributed by atoms with Crippen LogP contribution in [0.4, 0.5) is 0 Å². The number of carbonyl (C=O) groups is 1. The quantitative estimate of drug-likeness (QED) is 0.687. The van der Waals surface area contributed by atoms with E-state index in [0.29, 0.717) is 17.5 Å². The summed E-state index contributed by atoms with van der Waals surface area (Å²) >= 11 is 0. The second kappa shape index (κ2) is 7.32. The van der Waals surface area contributed by atoms with Crippen molar-refractivity contribution >= 4 is 5.91 Å². The fourth-order valence-corrected chi connectivity index (χ4v) is 3.01. The van der Waals surface area contributed by atoms with Crippen molar-refractivity contribution in [2.24, 2.45) is 0 Å². The van der Waals surface area contributed by atoms with Gasteiger partial charge in [0.25, 0.3) is 5.91 Å². The smallest absolute Gasteiger partial charge is 0.273 e. The van der Waals surface area contributed by atoms with Crippen LogP contribution in [0.5, 0.6) is 0 Å². The molecular formula is C19H20N4O4. The minimum atomic E-state index is -0.260. The number of nitrogens with one attached hydrogen (secondary N) is 1. The van der Waals surface area contributed by atoms with Crippen LogP contribution < -0.4 is 5.32 Å². The first-order chi connectivity index (χ1) is 13.1. The first-order valence-corrected chi connectivity index (χ1v) is 8.91. The average Bonchev–Trinajstić information content (AvgIpc) is 3.34. The summed E-state index contributed by atoms with van der Waals surface area (Å²) in [6, 6.07) is 11.2. The first-order valence-electron chi connectivity index (χ1n) is 8.91. The fourth-order valence-electron chi connectivity index (χ4n) is 3.01. The molecule has 2 heterocycles. The topological polar surface area (TPSA) is 114 Å². The molecule has 1 fully saturated rings. The summed E-state index contributed by atoms with van der Waals surface area (Å²) in [5, 5.41) is 19.9. The summed E-state index contributed by atoms with van der Waals surface area (Å²) in [5.74, 6) is 1.34. The molecule has 0 radical (unpaired) electrons. The second-order valence-electron chi connectivity index (χ2n) is 6.86. The molecule has 1 atom stereocenters. The summed E-state index contributed by atoms with van der Waals surface area (Å²) in [5.41, 5.74) is 1.13. The first kappa shape index (κ1) is 17.4. The van der Waals surface area contributed by atoms with E-state index >= 15 is 0 Å². The van der Waals surface area contributed by atoms with Crippen LogP contribution in [0.2, 0.25) is 0 Å². The molecule has 1 aliphatic carbocycles. The van der Waals surface area contributed by atoms with Crippen LogP contribution in [-0.2, 0) is 0 Å². The minimum absolute atomic E-state index is 0.0228. The molecule has 3 aromatic rings. The zero-order chi connectivity index (χ0) is 18.8. The number of benzene rings is 1. The summed E-state index contributed by atoms with van der Waals surface area (Å²) < 4.78 is 10.5. The van der Waals surface area contributed by atoms with Gasteiger partial charge in [0.1, 0.15) is 0 Å². The lowest BCUT2D eigenvalue weighted by atomic mass is 9.80. The highest BCUT2D eigenvalue weighted by molar-refractivity contribution is 5.93. The number of aliphatic hydroxyl groups is 1. The van der Waals surface area contributed by atoms with E-state index in [2.05, 4.69) is 20.6 Å². The number of carbonyl (C=O) groups excluding carboxylic acids is 1. The number of aromatic nitrogens is 3. The van der Waals surface area contributed by atoms with Crippen molar-refractivity contribution in [3.8, 4) is 11.3 Å². The number of hydrogen-bond acceptors (Lipinski definition) is 7. The van der Waals surface area contributed by atoms with Gasteiger partial charge in [-0.3, -0.25) is 4.79 Å². The lowest BCUT2D eigenvalue weighted by Crippen LogP contribution is -2.43. The lowest BCUT2D eigenvalue weighted by Gasteiger charge is -2.33. The summed E-state index contributed by atoms with van der Waals surface area (Å²) in [7, 11) is 0. The highest BCUT2D eigenvalue weighted by Gasteiger charge is 2.36. The van der Waals surface area contributed by atoms with Gasteiger partial charge in [0.2, 0.25) is 5.89 Å². The van der Waals surface area contributed by atoms with Crippen LogP contribution in [-0.4, -0.2) is 39.0 Å². The molecule has 2 aromatic heterocycles. The number of hydrogen-bond donors (Lipinski definition) is 2. The Morgan fingerprint density at radius 3 is 2.78 bits per heavy atom. The molecule has 140 valence electrons. The second-order valence-corrected chi connectivity index (χ2v) is 6.86. The van der Waals surface area contributed by atoms with Crippen molar-refractivity contribution in [3.63, 3.8) is 0 Å². The molecule has 2 N–H and O–H groups in total.